The van der Waals surface area contributed by atoms with E-state index in [1.165, 1.54) is 24.3 Å². The third kappa shape index (κ3) is 5.11. The molecule has 0 radical (unpaired) electrons. The average Bonchev–Trinajstić information content (AvgIpc) is 2.88. The van der Waals surface area contributed by atoms with E-state index in [-0.39, 0.29) is 17.7 Å². The minimum atomic E-state index is -0.372. The fraction of sp³-hybridized carbons (Fsp3) is 0.0370. The summed E-state index contributed by atoms with van der Waals surface area (Å²) < 4.78 is 27.0. The highest BCUT2D eigenvalue weighted by Crippen LogP contribution is 2.32. The molecule has 0 aliphatic heterocycles. The lowest BCUT2D eigenvalue weighted by atomic mass is 10.0. The lowest BCUT2D eigenvalue weighted by Gasteiger charge is -2.12. The van der Waals surface area contributed by atoms with Crippen LogP contribution in [0.5, 0.6) is 0 Å². The van der Waals surface area contributed by atoms with Gasteiger partial charge in [-0.3, -0.25) is 4.98 Å². The summed E-state index contributed by atoms with van der Waals surface area (Å²) in [6, 6.07) is 20.4. The molecule has 0 fully saturated rings. The molecular weight excluding hydrogens is 448 g/mol. The minimum Gasteiger partial charge on any atom is -0.334 e. The van der Waals surface area contributed by atoms with Crippen molar-refractivity contribution in [2.45, 2.75) is 6.54 Å². The monoisotopic (exact) mass is 467 g/mol. The van der Waals surface area contributed by atoms with Crippen molar-refractivity contribution < 1.29 is 13.6 Å². The van der Waals surface area contributed by atoms with Crippen molar-refractivity contribution in [2.75, 3.05) is 5.32 Å². The van der Waals surface area contributed by atoms with Gasteiger partial charge in [0.05, 0.1) is 22.4 Å². The Bertz CT molecular complexity index is 1490. The van der Waals surface area contributed by atoms with E-state index in [9.17, 15) is 13.6 Å². The van der Waals surface area contributed by atoms with Crippen molar-refractivity contribution >= 4 is 22.8 Å². The number of carbonyl (C=O) groups excluding carboxylic acids is 1. The molecule has 0 aliphatic rings. The molecule has 0 unspecified atom stereocenters. The third-order valence-corrected chi connectivity index (χ3v) is 5.33. The van der Waals surface area contributed by atoms with Crippen LogP contribution in [-0.4, -0.2) is 21.0 Å². The summed E-state index contributed by atoms with van der Waals surface area (Å²) in [5, 5.41) is 5.57. The Morgan fingerprint density at radius 1 is 0.771 bits per heavy atom. The summed E-state index contributed by atoms with van der Waals surface area (Å²) in [6.07, 6.45) is 3.35. The number of nitrogens with zero attached hydrogens (tertiary/aromatic N) is 3. The van der Waals surface area contributed by atoms with Crippen LogP contribution in [0.25, 0.3) is 33.5 Å². The van der Waals surface area contributed by atoms with Gasteiger partial charge < -0.3 is 10.6 Å². The fourth-order valence-corrected chi connectivity index (χ4v) is 3.61. The van der Waals surface area contributed by atoms with E-state index in [0.717, 1.165) is 5.56 Å². The summed E-state index contributed by atoms with van der Waals surface area (Å²) in [5.41, 5.74) is 4.95. The van der Waals surface area contributed by atoms with Gasteiger partial charge in [-0.05, 0) is 78.4 Å². The Hall–Kier alpha value is -4.72. The number of hydrogen-bond donors (Lipinski definition) is 2. The highest BCUT2D eigenvalue weighted by atomic mass is 19.1. The van der Waals surface area contributed by atoms with Gasteiger partial charge in [-0.2, -0.15) is 0 Å². The SMILES string of the molecule is O=C(NCc1cccnc1)Nc1ccc2nc(-c3ccc(F)cc3)c(-c3ccc(F)cc3)nc2c1. The molecule has 2 heterocycles. The van der Waals surface area contributed by atoms with Gasteiger partial charge in [0.1, 0.15) is 11.6 Å². The minimum absolute atomic E-state index is 0.336. The Morgan fingerprint density at radius 2 is 1.40 bits per heavy atom. The second kappa shape index (κ2) is 9.64. The number of halogens is 2. The topological polar surface area (TPSA) is 79.8 Å². The van der Waals surface area contributed by atoms with E-state index < -0.39 is 0 Å². The molecule has 35 heavy (non-hydrogen) atoms. The number of urea groups is 1. The first-order valence-electron chi connectivity index (χ1n) is 10.8. The zero-order valence-corrected chi connectivity index (χ0v) is 18.4. The highest BCUT2D eigenvalue weighted by molar-refractivity contribution is 5.93. The Kier molecular flexibility index (Phi) is 6.09. The molecule has 172 valence electrons. The molecule has 0 bridgehead atoms. The van der Waals surface area contributed by atoms with Crippen LogP contribution in [0.4, 0.5) is 19.3 Å². The van der Waals surface area contributed by atoms with Crippen molar-refractivity contribution in [3.8, 4) is 22.5 Å². The standard InChI is InChI=1S/C27H19F2N5O/c28-20-7-3-18(4-8-20)25-26(19-5-9-21(29)10-6-19)34-24-14-22(11-12-23(24)33-25)32-27(35)31-16-17-2-1-13-30-15-17/h1-15H,16H2,(H2,31,32,35). The van der Waals surface area contributed by atoms with Crippen molar-refractivity contribution in [2.24, 2.45) is 0 Å². The lowest BCUT2D eigenvalue weighted by Crippen LogP contribution is -2.28. The number of rotatable bonds is 5. The number of fused-ring (bicyclic) bond motifs is 1. The molecule has 5 rings (SSSR count). The normalized spacial score (nSPS) is 10.8. The molecule has 5 aromatic rings. The molecule has 0 saturated carbocycles. The predicted octanol–water partition coefficient (Wildman–Crippen LogP) is 5.96. The van der Waals surface area contributed by atoms with Crippen LogP contribution in [0.3, 0.4) is 0 Å². The maximum atomic E-state index is 13.5. The Labute approximate surface area is 199 Å². The summed E-state index contributed by atoms with van der Waals surface area (Å²) in [4.78, 5) is 25.9. The van der Waals surface area contributed by atoms with E-state index in [0.29, 0.717) is 45.8 Å². The smallest absolute Gasteiger partial charge is 0.319 e. The first-order valence-corrected chi connectivity index (χ1v) is 10.8. The van der Waals surface area contributed by atoms with E-state index >= 15 is 0 Å². The van der Waals surface area contributed by atoms with Crippen molar-refractivity contribution in [1.82, 2.24) is 20.3 Å². The van der Waals surface area contributed by atoms with Gasteiger partial charge in [-0.15, -0.1) is 0 Å². The number of nitrogens with one attached hydrogen (secondary N) is 2. The van der Waals surface area contributed by atoms with Crippen LogP contribution in [-0.2, 0) is 6.54 Å². The van der Waals surface area contributed by atoms with Crippen molar-refractivity contribution in [3.05, 3.63) is 108 Å². The molecule has 6 nitrogen and oxygen atoms in total. The van der Waals surface area contributed by atoms with Crippen LogP contribution < -0.4 is 10.6 Å². The first-order chi connectivity index (χ1) is 17.0. The number of amides is 2. The molecule has 2 aromatic heterocycles. The quantitative estimate of drug-likeness (QED) is 0.334. The van der Waals surface area contributed by atoms with Gasteiger partial charge in [0.15, 0.2) is 0 Å². The number of carbonyl (C=O) groups is 1. The maximum absolute atomic E-state index is 13.5. The summed E-state index contributed by atoms with van der Waals surface area (Å²) >= 11 is 0. The second-order valence-corrected chi connectivity index (χ2v) is 7.81. The van der Waals surface area contributed by atoms with Gasteiger partial charge in [0.2, 0.25) is 0 Å². The van der Waals surface area contributed by atoms with Gasteiger partial charge in [-0.1, -0.05) is 6.07 Å². The van der Waals surface area contributed by atoms with Crippen LogP contribution >= 0.6 is 0 Å². The number of hydrogen-bond acceptors (Lipinski definition) is 4. The van der Waals surface area contributed by atoms with Gasteiger partial charge in [0, 0.05) is 35.8 Å². The van der Waals surface area contributed by atoms with E-state index in [1.807, 2.05) is 6.07 Å². The van der Waals surface area contributed by atoms with Crippen molar-refractivity contribution in [3.63, 3.8) is 0 Å². The van der Waals surface area contributed by atoms with Crippen molar-refractivity contribution in [1.29, 1.82) is 0 Å². The molecule has 2 N–H and O–H groups in total. The molecule has 0 aliphatic carbocycles. The van der Waals surface area contributed by atoms with Crippen LogP contribution in [0.15, 0.2) is 91.3 Å². The predicted molar refractivity (Wildman–Crippen MR) is 130 cm³/mol. The molecule has 0 saturated heterocycles. The number of anilines is 1. The van der Waals surface area contributed by atoms with Crippen LogP contribution in [0, 0.1) is 11.6 Å². The lowest BCUT2D eigenvalue weighted by molar-refractivity contribution is 0.251. The molecule has 8 heteroatoms. The Balaban J connectivity index is 1.48. The zero-order chi connectivity index (χ0) is 24.2. The molecule has 3 aromatic carbocycles. The summed E-state index contributed by atoms with van der Waals surface area (Å²) in [5.74, 6) is -0.724. The van der Waals surface area contributed by atoms with Crippen LogP contribution in [0.1, 0.15) is 5.56 Å². The van der Waals surface area contributed by atoms with E-state index in [1.54, 1.807) is 60.9 Å². The summed E-state index contributed by atoms with van der Waals surface area (Å²) in [6.45, 7) is 0.336. The Morgan fingerprint density at radius 3 is 2.00 bits per heavy atom. The molecule has 0 atom stereocenters. The fourth-order valence-electron chi connectivity index (χ4n) is 3.61. The van der Waals surface area contributed by atoms with Gasteiger partial charge in [0.25, 0.3) is 0 Å². The van der Waals surface area contributed by atoms with Gasteiger partial charge >= 0.3 is 6.03 Å². The number of aromatic nitrogens is 3. The van der Waals surface area contributed by atoms with Crippen LogP contribution in [0.2, 0.25) is 0 Å². The summed E-state index contributed by atoms with van der Waals surface area (Å²) in [7, 11) is 0. The van der Waals surface area contributed by atoms with E-state index in [2.05, 4.69) is 15.6 Å². The average molecular weight is 467 g/mol. The van der Waals surface area contributed by atoms with E-state index in [4.69, 9.17) is 9.97 Å². The molecular formula is C27H19F2N5O. The largest absolute Gasteiger partial charge is 0.334 e. The number of pyridine rings is 1. The zero-order valence-electron chi connectivity index (χ0n) is 18.4. The highest BCUT2D eigenvalue weighted by Gasteiger charge is 2.14. The third-order valence-electron chi connectivity index (χ3n) is 5.33. The maximum Gasteiger partial charge on any atom is 0.319 e. The molecule has 0 spiro atoms. The second-order valence-electron chi connectivity index (χ2n) is 7.81. The van der Waals surface area contributed by atoms with Gasteiger partial charge in [-0.25, -0.2) is 23.5 Å². The first kappa shape index (κ1) is 22.1. The molecule has 2 amide bonds. The number of benzene rings is 3.